The number of likely N-dealkylation sites (N-methyl/N-ethyl adjacent to an activating group) is 1. The zero-order chi connectivity index (χ0) is 19.9. The van der Waals surface area contributed by atoms with Crippen LogP contribution in [0, 0.1) is 5.82 Å². The van der Waals surface area contributed by atoms with Crippen molar-refractivity contribution in [2.45, 2.75) is 5.41 Å². The first-order chi connectivity index (χ1) is 14.0. The zero-order valence-electron chi connectivity index (χ0n) is 15.4. The number of carbonyl (C=O) groups is 1. The number of carbonyl (C=O) groups excluding carboxylic acids is 1. The number of halogens is 2. The molecule has 0 radical (unpaired) electrons. The van der Waals surface area contributed by atoms with Crippen LogP contribution in [0.4, 0.5) is 15.8 Å². The van der Waals surface area contributed by atoms with Crippen LogP contribution in [0.5, 0.6) is 11.5 Å². The predicted molar refractivity (Wildman–Crippen MR) is 109 cm³/mol. The van der Waals surface area contributed by atoms with E-state index in [0.717, 1.165) is 28.1 Å². The molecular weight excluding hydrogens is 441 g/mol. The van der Waals surface area contributed by atoms with Crippen LogP contribution in [-0.2, 0) is 10.2 Å². The largest absolute Gasteiger partial charge is 0.454 e. The Labute approximate surface area is 174 Å². The summed E-state index contributed by atoms with van der Waals surface area (Å²) in [6.45, 7) is 1.30. The zero-order valence-corrected chi connectivity index (χ0v) is 17.0. The van der Waals surface area contributed by atoms with Gasteiger partial charge in [-0.3, -0.25) is 9.78 Å². The summed E-state index contributed by atoms with van der Waals surface area (Å²) in [6.07, 6.45) is 1.67. The van der Waals surface area contributed by atoms with E-state index in [1.165, 1.54) is 6.07 Å². The van der Waals surface area contributed by atoms with Crippen LogP contribution in [0.25, 0.3) is 10.9 Å². The maximum Gasteiger partial charge on any atom is 0.241 e. The number of nitrogens with zero attached hydrogens (tertiary/aromatic N) is 3. The summed E-state index contributed by atoms with van der Waals surface area (Å²) in [6, 6.07) is 8.94. The number of hydrogen-bond donors (Lipinski definition) is 0. The van der Waals surface area contributed by atoms with E-state index in [2.05, 4.69) is 25.8 Å². The van der Waals surface area contributed by atoms with Gasteiger partial charge in [-0.25, -0.2) is 4.39 Å². The van der Waals surface area contributed by atoms with E-state index in [1.807, 2.05) is 18.2 Å². The van der Waals surface area contributed by atoms with Crippen LogP contribution in [0.3, 0.4) is 0 Å². The van der Waals surface area contributed by atoms with Crippen LogP contribution in [0.1, 0.15) is 5.56 Å². The van der Waals surface area contributed by atoms with Gasteiger partial charge in [0.2, 0.25) is 12.7 Å². The molecule has 2 aromatic carbocycles. The highest BCUT2D eigenvalue weighted by Gasteiger charge is 2.58. The van der Waals surface area contributed by atoms with Gasteiger partial charge in [0, 0.05) is 48.9 Å². The molecule has 1 spiro atoms. The molecule has 0 aliphatic carbocycles. The molecule has 0 bridgehead atoms. The van der Waals surface area contributed by atoms with Gasteiger partial charge in [0.25, 0.3) is 0 Å². The maximum atomic E-state index is 14.0. The highest BCUT2D eigenvalue weighted by Crippen LogP contribution is 2.51. The number of pyridine rings is 1. The SMILES string of the molecule is CN1C(=O)C2(CN(c3ccc4c(c3)OCO4)C2)c2c1cnc1cc(F)c(Br)cc21. The highest BCUT2D eigenvalue weighted by atomic mass is 79.9. The predicted octanol–water partition coefficient (Wildman–Crippen LogP) is 3.60. The molecule has 1 fully saturated rings. The number of fused-ring (bicyclic) bond motifs is 5. The third-order valence-corrected chi connectivity index (χ3v) is 6.69. The summed E-state index contributed by atoms with van der Waals surface area (Å²) in [7, 11) is 1.77. The summed E-state index contributed by atoms with van der Waals surface area (Å²) in [5, 5.41) is 0.804. The summed E-state index contributed by atoms with van der Waals surface area (Å²) in [5.74, 6) is 1.12. The molecule has 6 nitrogen and oxygen atoms in total. The average molecular weight is 456 g/mol. The second-order valence-electron chi connectivity index (χ2n) is 7.64. The van der Waals surface area contributed by atoms with Crippen molar-refractivity contribution in [2.24, 2.45) is 0 Å². The maximum absolute atomic E-state index is 14.0. The molecule has 3 aliphatic rings. The van der Waals surface area contributed by atoms with Crippen molar-refractivity contribution in [1.29, 1.82) is 0 Å². The Kier molecular flexibility index (Phi) is 3.29. The molecule has 146 valence electrons. The molecule has 0 unspecified atom stereocenters. The first kappa shape index (κ1) is 17.0. The van der Waals surface area contributed by atoms with Crippen molar-refractivity contribution < 1.29 is 18.7 Å². The summed E-state index contributed by atoms with van der Waals surface area (Å²) >= 11 is 3.27. The van der Waals surface area contributed by atoms with E-state index in [9.17, 15) is 9.18 Å². The lowest BCUT2D eigenvalue weighted by Crippen LogP contribution is -2.64. The lowest BCUT2D eigenvalue weighted by Gasteiger charge is -2.48. The lowest BCUT2D eigenvalue weighted by atomic mass is 9.73. The number of hydrogen-bond acceptors (Lipinski definition) is 5. The Morgan fingerprint density at radius 2 is 1.97 bits per heavy atom. The van der Waals surface area contributed by atoms with Gasteiger partial charge in [0.05, 0.1) is 21.9 Å². The second-order valence-corrected chi connectivity index (χ2v) is 8.50. The van der Waals surface area contributed by atoms with E-state index in [0.29, 0.717) is 28.8 Å². The van der Waals surface area contributed by atoms with Crippen molar-refractivity contribution in [3.63, 3.8) is 0 Å². The molecule has 3 aromatic rings. The molecule has 0 atom stereocenters. The normalized spacial score (nSPS) is 18.5. The number of amides is 1. The van der Waals surface area contributed by atoms with Crippen LogP contribution < -0.4 is 19.3 Å². The minimum atomic E-state index is -0.668. The third kappa shape index (κ3) is 2.15. The summed E-state index contributed by atoms with van der Waals surface area (Å²) < 4.78 is 25.3. The van der Waals surface area contributed by atoms with E-state index in [-0.39, 0.29) is 18.5 Å². The Bertz CT molecular complexity index is 1230. The summed E-state index contributed by atoms with van der Waals surface area (Å²) in [4.78, 5) is 21.5. The molecule has 8 heteroatoms. The van der Waals surface area contributed by atoms with Gasteiger partial charge in [0.15, 0.2) is 11.5 Å². The van der Waals surface area contributed by atoms with Crippen LogP contribution in [0.2, 0.25) is 0 Å². The minimum absolute atomic E-state index is 0.0410. The van der Waals surface area contributed by atoms with Crippen molar-refractivity contribution in [1.82, 2.24) is 4.98 Å². The standard InChI is InChI=1S/C21H15BrFN3O3/c1-25-16-7-24-15-6-14(23)13(22)5-12(15)19(16)21(20(25)27)8-26(9-21)11-2-3-17-18(4-11)29-10-28-17/h2-7H,8-10H2,1H3. The van der Waals surface area contributed by atoms with E-state index in [1.54, 1.807) is 24.2 Å². The Morgan fingerprint density at radius 1 is 1.17 bits per heavy atom. The highest BCUT2D eigenvalue weighted by molar-refractivity contribution is 9.10. The second kappa shape index (κ2) is 5.60. The number of aromatic nitrogens is 1. The lowest BCUT2D eigenvalue weighted by molar-refractivity contribution is -0.123. The van der Waals surface area contributed by atoms with Crippen LogP contribution in [0.15, 0.2) is 41.0 Å². The van der Waals surface area contributed by atoms with Gasteiger partial charge in [-0.2, -0.15) is 0 Å². The molecule has 0 saturated carbocycles. The number of anilines is 2. The van der Waals surface area contributed by atoms with Crippen LogP contribution in [-0.4, -0.2) is 37.8 Å². The van der Waals surface area contributed by atoms with Crippen molar-refractivity contribution in [2.75, 3.05) is 36.7 Å². The molecule has 1 amide bonds. The van der Waals surface area contributed by atoms with E-state index < -0.39 is 5.41 Å². The van der Waals surface area contributed by atoms with E-state index in [4.69, 9.17) is 9.47 Å². The molecule has 1 aromatic heterocycles. The van der Waals surface area contributed by atoms with E-state index >= 15 is 0 Å². The molecule has 29 heavy (non-hydrogen) atoms. The first-order valence-electron chi connectivity index (χ1n) is 9.19. The summed E-state index contributed by atoms with van der Waals surface area (Å²) in [5.41, 5.74) is 2.57. The molecule has 1 saturated heterocycles. The minimum Gasteiger partial charge on any atom is -0.454 e. The van der Waals surface area contributed by atoms with Crippen molar-refractivity contribution >= 4 is 44.1 Å². The quantitative estimate of drug-likeness (QED) is 0.561. The Balaban J connectivity index is 1.45. The monoisotopic (exact) mass is 455 g/mol. The van der Waals surface area contributed by atoms with Gasteiger partial charge in [-0.15, -0.1) is 0 Å². The molecule has 6 rings (SSSR count). The van der Waals surface area contributed by atoms with Gasteiger partial charge < -0.3 is 19.3 Å². The van der Waals surface area contributed by atoms with Gasteiger partial charge >= 0.3 is 0 Å². The van der Waals surface area contributed by atoms with Gasteiger partial charge in [0.1, 0.15) is 11.2 Å². The van der Waals surface area contributed by atoms with Crippen molar-refractivity contribution in [3.05, 3.63) is 52.4 Å². The van der Waals surface area contributed by atoms with Gasteiger partial charge in [-0.05, 0) is 34.1 Å². The Hall–Kier alpha value is -2.87. The molecule has 4 heterocycles. The number of ether oxygens (including phenoxy) is 2. The van der Waals surface area contributed by atoms with Crippen LogP contribution >= 0.6 is 15.9 Å². The fourth-order valence-electron chi connectivity index (χ4n) is 4.63. The number of benzene rings is 2. The fourth-order valence-corrected chi connectivity index (χ4v) is 4.98. The molecule has 3 aliphatic heterocycles. The topological polar surface area (TPSA) is 54.9 Å². The average Bonchev–Trinajstić information content (AvgIpc) is 3.23. The molecular formula is C21H15BrFN3O3. The molecule has 0 N–H and O–H groups in total. The Morgan fingerprint density at radius 3 is 2.79 bits per heavy atom. The third-order valence-electron chi connectivity index (χ3n) is 6.09. The smallest absolute Gasteiger partial charge is 0.241 e. The first-order valence-corrected chi connectivity index (χ1v) is 9.98. The fraction of sp³-hybridized carbons (Fsp3) is 0.238. The van der Waals surface area contributed by atoms with Gasteiger partial charge in [-0.1, -0.05) is 0 Å². The number of rotatable bonds is 1. The van der Waals surface area contributed by atoms with Crippen molar-refractivity contribution in [3.8, 4) is 11.5 Å².